The Bertz CT molecular complexity index is 1380. The summed E-state index contributed by atoms with van der Waals surface area (Å²) < 4.78 is 17.7. The lowest BCUT2D eigenvalue weighted by Gasteiger charge is -2.17. The highest BCUT2D eigenvalue weighted by atomic mass is 16.6. The van der Waals surface area contributed by atoms with Gasteiger partial charge in [-0.15, -0.1) is 0 Å². The van der Waals surface area contributed by atoms with Gasteiger partial charge in [0.2, 0.25) is 0 Å². The standard InChI is InChI=1S/C33H28O7/c34-27-13-9-22(10-14-27)20-1-5-24(6-2-20)29(36)17-26-18-38-32-30(19-39-31(26)32)40-33(37)25-7-3-21(4-8-25)23-11-15-28(35)16-12-23/h1-16,26,30-32,34-35H,17-19H2/t26-,30+,31?,32?/m1/s1. The Morgan fingerprint density at radius 3 is 1.60 bits per heavy atom. The number of benzene rings is 4. The van der Waals surface area contributed by atoms with Crippen LogP contribution in [0.25, 0.3) is 22.3 Å². The Morgan fingerprint density at radius 2 is 1.07 bits per heavy atom. The first kappa shape index (κ1) is 25.8. The first-order valence-corrected chi connectivity index (χ1v) is 13.2. The van der Waals surface area contributed by atoms with Crippen molar-refractivity contribution in [2.75, 3.05) is 13.2 Å². The third-order valence-corrected chi connectivity index (χ3v) is 7.55. The van der Waals surface area contributed by atoms with Gasteiger partial charge in [0, 0.05) is 17.9 Å². The Morgan fingerprint density at radius 1 is 0.625 bits per heavy atom. The van der Waals surface area contributed by atoms with Crippen LogP contribution in [-0.2, 0) is 14.2 Å². The summed E-state index contributed by atoms with van der Waals surface area (Å²) in [5, 5.41) is 19.0. The van der Waals surface area contributed by atoms with Gasteiger partial charge in [0.05, 0.1) is 24.9 Å². The summed E-state index contributed by atoms with van der Waals surface area (Å²) in [7, 11) is 0. The van der Waals surface area contributed by atoms with Gasteiger partial charge in [-0.3, -0.25) is 4.79 Å². The molecule has 0 spiro atoms. The number of carbonyl (C=O) groups is 2. The first-order chi connectivity index (χ1) is 19.4. The van der Waals surface area contributed by atoms with Gasteiger partial charge in [-0.2, -0.15) is 0 Å². The van der Waals surface area contributed by atoms with Crippen molar-refractivity contribution in [3.05, 3.63) is 108 Å². The average molecular weight is 537 g/mol. The molecule has 2 aliphatic rings. The van der Waals surface area contributed by atoms with E-state index in [4.69, 9.17) is 14.2 Å². The zero-order valence-electron chi connectivity index (χ0n) is 21.6. The van der Waals surface area contributed by atoms with Crippen LogP contribution in [0.2, 0.25) is 0 Å². The quantitative estimate of drug-likeness (QED) is 0.233. The third-order valence-electron chi connectivity index (χ3n) is 7.55. The predicted octanol–water partition coefficient (Wildman–Crippen LogP) is 5.64. The fraction of sp³-hybridized carbons (Fsp3) is 0.212. The molecule has 7 nitrogen and oxygen atoms in total. The molecular weight excluding hydrogens is 508 g/mol. The molecule has 0 amide bonds. The molecule has 0 radical (unpaired) electrons. The van der Waals surface area contributed by atoms with E-state index in [1.165, 1.54) is 0 Å². The van der Waals surface area contributed by atoms with Crippen molar-refractivity contribution in [3.63, 3.8) is 0 Å². The molecule has 40 heavy (non-hydrogen) atoms. The second-order valence-corrected chi connectivity index (χ2v) is 10.2. The topological polar surface area (TPSA) is 102 Å². The van der Waals surface area contributed by atoms with E-state index >= 15 is 0 Å². The van der Waals surface area contributed by atoms with Gasteiger partial charge in [0.1, 0.15) is 17.6 Å². The first-order valence-electron chi connectivity index (χ1n) is 13.2. The molecule has 2 N–H and O–H groups in total. The molecule has 2 saturated heterocycles. The van der Waals surface area contributed by atoms with Crippen LogP contribution in [0, 0.1) is 5.92 Å². The minimum Gasteiger partial charge on any atom is -0.508 e. The lowest BCUT2D eigenvalue weighted by Crippen LogP contribution is -2.33. The zero-order chi connectivity index (χ0) is 27.6. The van der Waals surface area contributed by atoms with E-state index < -0.39 is 18.2 Å². The number of phenols is 2. The summed E-state index contributed by atoms with van der Waals surface area (Å²) in [6.45, 7) is 0.584. The van der Waals surface area contributed by atoms with Crippen LogP contribution in [0.1, 0.15) is 27.1 Å². The fourth-order valence-corrected chi connectivity index (χ4v) is 5.34. The number of esters is 1. The normalized spacial score (nSPS) is 21.6. The van der Waals surface area contributed by atoms with Gasteiger partial charge >= 0.3 is 5.97 Å². The van der Waals surface area contributed by atoms with Gasteiger partial charge in [0.25, 0.3) is 0 Å². The van der Waals surface area contributed by atoms with Gasteiger partial charge in [-0.1, -0.05) is 60.7 Å². The molecule has 7 heteroatoms. The van der Waals surface area contributed by atoms with Crippen LogP contribution in [0.4, 0.5) is 0 Å². The van der Waals surface area contributed by atoms with Gasteiger partial charge < -0.3 is 24.4 Å². The number of fused-ring (bicyclic) bond motifs is 1. The molecule has 2 fully saturated rings. The molecular formula is C33H28O7. The van der Waals surface area contributed by atoms with Crippen molar-refractivity contribution in [2.45, 2.75) is 24.7 Å². The third kappa shape index (κ3) is 5.34. The average Bonchev–Trinajstić information content (AvgIpc) is 3.57. The zero-order valence-corrected chi connectivity index (χ0v) is 21.6. The lowest BCUT2D eigenvalue weighted by atomic mass is 9.92. The summed E-state index contributed by atoms with van der Waals surface area (Å²) in [6.07, 6.45) is -0.984. The van der Waals surface area contributed by atoms with Gasteiger partial charge in [-0.05, 0) is 58.7 Å². The molecule has 0 aromatic heterocycles. The Kier molecular flexibility index (Phi) is 7.07. The lowest BCUT2D eigenvalue weighted by molar-refractivity contribution is -0.0161. The van der Waals surface area contributed by atoms with E-state index in [9.17, 15) is 19.8 Å². The number of ketones is 1. The molecule has 0 saturated carbocycles. The van der Waals surface area contributed by atoms with E-state index in [2.05, 4.69) is 0 Å². The number of Topliss-reactive ketones (excluding diaryl/α,β-unsaturated/α-hetero) is 1. The molecule has 4 aromatic rings. The van der Waals surface area contributed by atoms with E-state index in [0.717, 1.165) is 22.3 Å². The molecule has 2 aliphatic heterocycles. The van der Waals surface area contributed by atoms with E-state index in [0.29, 0.717) is 17.7 Å². The number of aromatic hydroxyl groups is 2. The van der Waals surface area contributed by atoms with Crippen LogP contribution >= 0.6 is 0 Å². The number of hydrogen-bond acceptors (Lipinski definition) is 7. The number of rotatable bonds is 7. The molecule has 6 rings (SSSR count). The molecule has 0 aliphatic carbocycles. The Labute approximate surface area is 231 Å². The molecule has 2 unspecified atom stereocenters. The number of hydrogen-bond donors (Lipinski definition) is 2. The second kappa shape index (κ2) is 11.0. The molecule has 2 heterocycles. The van der Waals surface area contributed by atoms with Crippen LogP contribution in [0.5, 0.6) is 11.5 Å². The van der Waals surface area contributed by atoms with E-state index in [1.54, 1.807) is 36.4 Å². The van der Waals surface area contributed by atoms with Crippen LogP contribution < -0.4 is 0 Å². The molecule has 202 valence electrons. The summed E-state index contributed by atoms with van der Waals surface area (Å²) in [5.41, 5.74) is 4.80. The Balaban J connectivity index is 1.04. The van der Waals surface area contributed by atoms with Crippen LogP contribution in [-0.4, -0.2) is 53.5 Å². The maximum atomic E-state index is 13.0. The highest BCUT2D eigenvalue weighted by Crippen LogP contribution is 2.35. The summed E-state index contributed by atoms with van der Waals surface area (Å²) in [6, 6.07) is 28.3. The van der Waals surface area contributed by atoms with Gasteiger partial charge in [-0.25, -0.2) is 4.79 Å². The molecule has 4 atom stereocenters. The van der Waals surface area contributed by atoms with E-state index in [1.807, 2.05) is 60.7 Å². The monoisotopic (exact) mass is 536 g/mol. The van der Waals surface area contributed by atoms with Crippen molar-refractivity contribution in [2.24, 2.45) is 5.92 Å². The largest absolute Gasteiger partial charge is 0.508 e. The molecule has 0 bridgehead atoms. The van der Waals surface area contributed by atoms with Crippen molar-refractivity contribution in [1.82, 2.24) is 0 Å². The highest BCUT2D eigenvalue weighted by molar-refractivity contribution is 5.96. The highest BCUT2D eigenvalue weighted by Gasteiger charge is 2.49. The Hall–Kier alpha value is -4.46. The van der Waals surface area contributed by atoms with E-state index in [-0.39, 0.29) is 42.3 Å². The SMILES string of the molecule is O=C(C[C@@H]1COC2C1OC[C@@H]2OC(=O)c1ccc(-c2ccc(O)cc2)cc1)c1ccc(-c2ccc(O)cc2)cc1. The number of phenolic OH excluding ortho intramolecular Hbond substituents is 2. The smallest absolute Gasteiger partial charge is 0.338 e. The maximum absolute atomic E-state index is 13.0. The summed E-state index contributed by atoms with van der Waals surface area (Å²) in [4.78, 5) is 25.9. The van der Waals surface area contributed by atoms with Crippen LogP contribution in [0.15, 0.2) is 97.1 Å². The summed E-state index contributed by atoms with van der Waals surface area (Å²) in [5.74, 6) is -0.169. The minimum atomic E-state index is -0.543. The predicted molar refractivity (Wildman–Crippen MR) is 148 cm³/mol. The maximum Gasteiger partial charge on any atom is 0.338 e. The van der Waals surface area contributed by atoms with Crippen molar-refractivity contribution >= 4 is 11.8 Å². The minimum absolute atomic E-state index is 0.00395. The van der Waals surface area contributed by atoms with Crippen molar-refractivity contribution < 1.29 is 34.0 Å². The van der Waals surface area contributed by atoms with Crippen LogP contribution in [0.3, 0.4) is 0 Å². The summed E-state index contributed by atoms with van der Waals surface area (Å²) >= 11 is 0. The fourth-order valence-electron chi connectivity index (χ4n) is 5.34. The van der Waals surface area contributed by atoms with Crippen molar-refractivity contribution in [1.29, 1.82) is 0 Å². The van der Waals surface area contributed by atoms with Crippen molar-refractivity contribution in [3.8, 4) is 33.8 Å². The number of carbonyl (C=O) groups excluding carboxylic acids is 2. The molecule has 4 aromatic carbocycles. The second-order valence-electron chi connectivity index (χ2n) is 10.2. The number of ether oxygens (including phenoxy) is 3. The van der Waals surface area contributed by atoms with Gasteiger partial charge in [0.15, 0.2) is 11.9 Å².